The minimum atomic E-state index is 0.684. The van der Waals surface area contributed by atoms with Gasteiger partial charge in [0, 0.05) is 19.1 Å². The molecule has 2 aliphatic rings. The molecule has 0 amide bonds. The Morgan fingerprint density at radius 1 is 1.27 bits per heavy atom. The molecule has 0 radical (unpaired) electrons. The zero-order chi connectivity index (χ0) is 10.7. The molecule has 2 nitrogen and oxygen atoms in total. The monoisotopic (exact) mass is 210 g/mol. The minimum absolute atomic E-state index is 0.684. The van der Waals surface area contributed by atoms with Crippen LogP contribution in [0.1, 0.15) is 46.0 Å². The van der Waals surface area contributed by atoms with Gasteiger partial charge in [-0.25, -0.2) is 0 Å². The molecule has 2 heterocycles. The van der Waals surface area contributed by atoms with Crippen LogP contribution < -0.4 is 5.32 Å². The van der Waals surface area contributed by atoms with Gasteiger partial charge in [0.1, 0.15) is 0 Å². The molecule has 0 spiro atoms. The average molecular weight is 210 g/mol. The van der Waals surface area contributed by atoms with Gasteiger partial charge in [-0.3, -0.25) is 0 Å². The van der Waals surface area contributed by atoms with Crippen molar-refractivity contribution >= 4 is 0 Å². The quantitative estimate of drug-likeness (QED) is 0.749. The number of nitrogens with one attached hydrogen (secondary N) is 1. The molecule has 0 aromatic carbocycles. The Balaban J connectivity index is 1.62. The van der Waals surface area contributed by atoms with Crippen LogP contribution in [0.25, 0.3) is 0 Å². The topological polar surface area (TPSA) is 15.3 Å². The smallest absolute Gasteiger partial charge is 0.00797 e. The summed E-state index contributed by atoms with van der Waals surface area (Å²) in [7, 11) is 0. The van der Waals surface area contributed by atoms with Gasteiger partial charge in [0.05, 0.1) is 0 Å². The molecule has 2 fully saturated rings. The second-order valence-electron chi connectivity index (χ2n) is 5.50. The lowest BCUT2D eigenvalue weighted by Gasteiger charge is -2.50. The number of likely N-dealkylation sites (tertiary alicyclic amines) is 1. The Morgan fingerprint density at radius 3 is 2.53 bits per heavy atom. The summed E-state index contributed by atoms with van der Waals surface area (Å²) in [6.07, 6.45) is 6.88. The number of hydrogen-bond donors (Lipinski definition) is 1. The average Bonchev–Trinajstić information content (AvgIpc) is 2.70. The highest BCUT2D eigenvalue weighted by Crippen LogP contribution is 2.36. The van der Waals surface area contributed by atoms with Crippen LogP contribution in [0.2, 0.25) is 0 Å². The van der Waals surface area contributed by atoms with Gasteiger partial charge < -0.3 is 10.2 Å². The van der Waals surface area contributed by atoms with E-state index in [-0.39, 0.29) is 0 Å². The largest absolute Gasteiger partial charge is 0.314 e. The Labute approximate surface area is 94.4 Å². The molecule has 0 saturated carbocycles. The lowest BCUT2D eigenvalue weighted by Crippen LogP contribution is -2.56. The van der Waals surface area contributed by atoms with Crippen molar-refractivity contribution in [2.24, 2.45) is 5.41 Å². The van der Waals surface area contributed by atoms with Crippen LogP contribution in [-0.2, 0) is 0 Å². The SMILES string of the molecule is CCC1(CC)CN(CCC2CCCN2)C1. The van der Waals surface area contributed by atoms with Crippen molar-refractivity contribution in [2.75, 3.05) is 26.2 Å². The van der Waals surface area contributed by atoms with Gasteiger partial charge in [0.2, 0.25) is 0 Å². The minimum Gasteiger partial charge on any atom is -0.314 e. The lowest BCUT2D eigenvalue weighted by atomic mass is 9.75. The zero-order valence-corrected chi connectivity index (χ0v) is 10.4. The molecule has 2 rings (SSSR count). The molecule has 2 heteroatoms. The fourth-order valence-electron chi connectivity index (χ4n) is 3.10. The molecule has 0 aliphatic carbocycles. The van der Waals surface area contributed by atoms with E-state index in [1.54, 1.807) is 0 Å². The van der Waals surface area contributed by atoms with Crippen LogP contribution in [0.4, 0.5) is 0 Å². The molecule has 0 aromatic heterocycles. The van der Waals surface area contributed by atoms with Gasteiger partial charge in [-0.15, -0.1) is 0 Å². The normalized spacial score (nSPS) is 30.4. The van der Waals surface area contributed by atoms with E-state index < -0.39 is 0 Å². The highest BCUT2D eigenvalue weighted by molar-refractivity contribution is 4.93. The van der Waals surface area contributed by atoms with Gasteiger partial charge >= 0.3 is 0 Å². The van der Waals surface area contributed by atoms with Gasteiger partial charge in [-0.05, 0) is 50.6 Å². The summed E-state index contributed by atoms with van der Waals surface area (Å²) in [6, 6.07) is 0.822. The first-order chi connectivity index (χ1) is 7.28. The molecule has 2 saturated heterocycles. The Bertz CT molecular complexity index is 185. The summed E-state index contributed by atoms with van der Waals surface area (Å²) >= 11 is 0. The van der Waals surface area contributed by atoms with Crippen LogP contribution in [0.15, 0.2) is 0 Å². The van der Waals surface area contributed by atoms with Gasteiger partial charge in [-0.1, -0.05) is 13.8 Å². The molecular formula is C13H26N2. The van der Waals surface area contributed by atoms with E-state index in [0.29, 0.717) is 5.41 Å². The fourth-order valence-corrected chi connectivity index (χ4v) is 3.10. The first kappa shape index (κ1) is 11.4. The number of hydrogen-bond acceptors (Lipinski definition) is 2. The maximum absolute atomic E-state index is 3.58. The summed E-state index contributed by atoms with van der Waals surface area (Å²) in [5.41, 5.74) is 0.684. The van der Waals surface area contributed by atoms with Crippen molar-refractivity contribution in [1.82, 2.24) is 10.2 Å². The maximum Gasteiger partial charge on any atom is 0.00797 e. The molecule has 0 aromatic rings. The van der Waals surface area contributed by atoms with Crippen molar-refractivity contribution in [1.29, 1.82) is 0 Å². The molecule has 0 bridgehead atoms. The molecule has 88 valence electrons. The van der Waals surface area contributed by atoms with Crippen molar-refractivity contribution in [3.63, 3.8) is 0 Å². The van der Waals surface area contributed by atoms with Gasteiger partial charge in [0.25, 0.3) is 0 Å². The van der Waals surface area contributed by atoms with Crippen LogP contribution >= 0.6 is 0 Å². The van der Waals surface area contributed by atoms with Crippen LogP contribution in [0.5, 0.6) is 0 Å². The third-order valence-corrected chi connectivity index (χ3v) is 4.57. The second kappa shape index (κ2) is 4.84. The predicted molar refractivity (Wildman–Crippen MR) is 65.1 cm³/mol. The molecule has 2 aliphatic heterocycles. The van der Waals surface area contributed by atoms with Crippen molar-refractivity contribution in [3.8, 4) is 0 Å². The standard InChI is InChI=1S/C13H26N2/c1-3-13(4-2)10-15(11-13)9-7-12-6-5-8-14-12/h12,14H,3-11H2,1-2H3. The Hall–Kier alpha value is -0.0800. The van der Waals surface area contributed by atoms with Crippen molar-refractivity contribution < 1.29 is 0 Å². The molecule has 1 unspecified atom stereocenters. The van der Waals surface area contributed by atoms with Crippen LogP contribution in [0.3, 0.4) is 0 Å². The van der Waals surface area contributed by atoms with Gasteiger partial charge in [-0.2, -0.15) is 0 Å². The maximum atomic E-state index is 3.58. The predicted octanol–water partition coefficient (Wildman–Crippen LogP) is 2.25. The van der Waals surface area contributed by atoms with Crippen molar-refractivity contribution in [2.45, 2.75) is 52.0 Å². The summed E-state index contributed by atoms with van der Waals surface area (Å²) in [4.78, 5) is 2.65. The van der Waals surface area contributed by atoms with E-state index in [2.05, 4.69) is 24.1 Å². The lowest BCUT2D eigenvalue weighted by molar-refractivity contribution is -0.00767. The Morgan fingerprint density at radius 2 is 2.00 bits per heavy atom. The van der Waals surface area contributed by atoms with Crippen LogP contribution in [0, 0.1) is 5.41 Å². The zero-order valence-electron chi connectivity index (χ0n) is 10.4. The van der Waals surface area contributed by atoms with E-state index in [4.69, 9.17) is 0 Å². The molecule has 15 heavy (non-hydrogen) atoms. The number of rotatable bonds is 5. The van der Waals surface area contributed by atoms with Crippen molar-refractivity contribution in [3.05, 3.63) is 0 Å². The molecule has 1 atom stereocenters. The fraction of sp³-hybridized carbons (Fsp3) is 1.00. The highest BCUT2D eigenvalue weighted by Gasteiger charge is 2.39. The van der Waals surface area contributed by atoms with E-state index in [1.807, 2.05) is 0 Å². The molecule has 1 N–H and O–H groups in total. The van der Waals surface area contributed by atoms with E-state index >= 15 is 0 Å². The Kier molecular flexibility index (Phi) is 3.68. The molecular weight excluding hydrogens is 184 g/mol. The number of nitrogens with zero attached hydrogens (tertiary/aromatic N) is 1. The highest BCUT2D eigenvalue weighted by atomic mass is 15.2. The van der Waals surface area contributed by atoms with E-state index in [0.717, 1.165) is 6.04 Å². The summed E-state index contributed by atoms with van der Waals surface area (Å²) in [5, 5.41) is 3.58. The third-order valence-electron chi connectivity index (χ3n) is 4.57. The first-order valence-electron chi connectivity index (χ1n) is 6.74. The third kappa shape index (κ3) is 2.54. The summed E-state index contributed by atoms with van der Waals surface area (Å²) in [5.74, 6) is 0. The first-order valence-corrected chi connectivity index (χ1v) is 6.74. The van der Waals surface area contributed by atoms with Crippen LogP contribution in [-0.4, -0.2) is 37.1 Å². The summed E-state index contributed by atoms with van der Waals surface area (Å²) in [6.45, 7) is 9.97. The summed E-state index contributed by atoms with van der Waals surface area (Å²) < 4.78 is 0. The second-order valence-corrected chi connectivity index (χ2v) is 5.50. The van der Waals surface area contributed by atoms with Gasteiger partial charge in [0.15, 0.2) is 0 Å². The van der Waals surface area contributed by atoms with E-state index in [1.165, 1.54) is 58.3 Å². The van der Waals surface area contributed by atoms with E-state index in [9.17, 15) is 0 Å².